The number of pyridine rings is 1. The summed E-state index contributed by atoms with van der Waals surface area (Å²) >= 11 is 0. The maximum absolute atomic E-state index is 12.9. The summed E-state index contributed by atoms with van der Waals surface area (Å²) in [5.41, 5.74) is 3.63. The highest BCUT2D eigenvalue weighted by Gasteiger charge is 2.31. The molecular weight excluding hydrogens is 416 g/mol. The molecule has 0 radical (unpaired) electrons. The number of aromatic nitrogens is 3. The topological polar surface area (TPSA) is 91.3 Å². The number of nitrogens with one attached hydrogen (secondary N) is 1. The molecule has 1 N–H and O–H groups in total. The van der Waals surface area contributed by atoms with Crippen molar-refractivity contribution in [1.82, 2.24) is 19.9 Å². The number of piperidine rings is 1. The molecule has 3 aromatic rings. The van der Waals surface area contributed by atoms with Gasteiger partial charge in [0.1, 0.15) is 11.6 Å². The van der Waals surface area contributed by atoms with Crippen LogP contribution in [0.5, 0.6) is 0 Å². The van der Waals surface area contributed by atoms with Crippen LogP contribution in [0.1, 0.15) is 48.8 Å². The Balaban J connectivity index is 1.35. The number of nitrogens with zero attached hydrogens (tertiary/aromatic N) is 5. The molecular formula is C25H28N6O2. The van der Waals surface area contributed by atoms with Crippen molar-refractivity contribution in [3.05, 3.63) is 53.6 Å². The second kappa shape index (κ2) is 8.86. The minimum Gasteiger partial charge on any atom is -0.325 e. The fraction of sp³-hybridized carbons (Fsp3) is 0.400. The Morgan fingerprint density at radius 1 is 1.18 bits per heavy atom. The second-order valence-electron chi connectivity index (χ2n) is 8.86. The maximum Gasteiger partial charge on any atom is 0.238 e. The first-order valence-electron chi connectivity index (χ1n) is 11.5. The number of likely N-dealkylation sites (tertiary alicyclic amines) is 1. The van der Waals surface area contributed by atoms with Gasteiger partial charge in [0, 0.05) is 42.0 Å². The van der Waals surface area contributed by atoms with Gasteiger partial charge in [-0.25, -0.2) is 9.97 Å². The molecule has 2 aliphatic heterocycles. The van der Waals surface area contributed by atoms with Crippen molar-refractivity contribution in [3.63, 3.8) is 0 Å². The van der Waals surface area contributed by atoms with E-state index in [-0.39, 0.29) is 24.4 Å². The first kappa shape index (κ1) is 21.5. The number of rotatable bonds is 4. The molecule has 2 aliphatic rings. The molecule has 8 nitrogen and oxygen atoms in total. The largest absolute Gasteiger partial charge is 0.325 e. The predicted molar refractivity (Wildman–Crippen MR) is 127 cm³/mol. The first-order chi connectivity index (χ1) is 16.0. The standard InChI is InChI=1S/C25H28N6O2/c1-16-19-9-11-23(33)30(2)25(19)29-24(27-16)21-7-3-4-13-31(21)15-22(32)28-18-8-10-20-17(14-18)6-5-12-26-20/h5-6,8,10,12,14,21H,3-4,7,9,11,13,15H2,1-2H3,(H,28,32). The molecule has 0 saturated carbocycles. The van der Waals surface area contributed by atoms with E-state index in [1.165, 1.54) is 0 Å². The van der Waals surface area contributed by atoms with Gasteiger partial charge in [-0.3, -0.25) is 24.4 Å². The smallest absolute Gasteiger partial charge is 0.238 e. The lowest BCUT2D eigenvalue weighted by atomic mass is 9.99. The number of amides is 2. The van der Waals surface area contributed by atoms with E-state index >= 15 is 0 Å². The number of benzene rings is 1. The summed E-state index contributed by atoms with van der Waals surface area (Å²) in [7, 11) is 1.78. The van der Waals surface area contributed by atoms with Gasteiger partial charge in [0.2, 0.25) is 11.8 Å². The van der Waals surface area contributed by atoms with Gasteiger partial charge in [0.15, 0.2) is 0 Å². The number of aryl methyl sites for hydroxylation is 1. The van der Waals surface area contributed by atoms with Crippen LogP contribution in [0.15, 0.2) is 36.5 Å². The van der Waals surface area contributed by atoms with Crippen LogP contribution in [-0.2, 0) is 16.0 Å². The Morgan fingerprint density at radius 3 is 2.94 bits per heavy atom. The number of hydrogen-bond donors (Lipinski definition) is 1. The quantitative estimate of drug-likeness (QED) is 0.663. The molecule has 170 valence electrons. The van der Waals surface area contributed by atoms with E-state index in [9.17, 15) is 9.59 Å². The fourth-order valence-electron chi connectivity index (χ4n) is 4.85. The molecule has 1 atom stereocenters. The summed E-state index contributed by atoms with van der Waals surface area (Å²) in [5.74, 6) is 1.44. The highest BCUT2D eigenvalue weighted by Crippen LogP contribution is 2.33. The predicted octanol–water partition coefficient (Wildman–Crippen LogP) is 3.41. The van der Waals surface area contributed by atoms with E-state index in [0.717, 1.165) is 53.7 Å². The van der Waals surface area contributed by atoms with Crippen molar-refractivity contribution in [2.75, 3.05) is 30.4 Å². The van der Waals surface area contributed by atoms with Gasteiger partial charge in [-0.2, -0.15) is 0 Å². The first-order valence-corrected chi connectivity index (χ1v) is 11.5. The van der Waals surface area contributed by atoms with Crippen molar-refractivity contribution in [2.45, 2.75) is 45.1 Å². The zero-order chi connectivity index (χ0) is 22.9. The van der Waals surface area contributed by atoms with Gasteiger partial charge in [0.25, 0.3) is 0 Å². The lowest BCUT2D eigenvalue weighted by Crippen LogP contribution is -2.40. The third-order valence-corrected chi connectivity index (χ3v) is 6.64. The molecule has 4 heterocycles. The molecule has 8 heteroatoms. The van der Waals surface area contributed by atoms with Crippen molar-refractivity contribution in [1.29, 1.82) is 0 Å². The Morgan fingerprint density at radius 2 is 2.06 bits per heavy atom. The Bertz CT molecular complexity index is 1230. The van der Waals surface area contributed by atoms with Crippen LogP contribution in [-0.4, -0.2) is 51.8 Å². The minimum atomic E-state index is -0.0629. The maximum atomic E-state index is 12.9. The monoisotopic (exact) mass is 444 g/mol. The van der Waals surface area contributed by atoms with Crippen LogP contribution in [0.4, 0.5) is 11.5 Å². The molecule has 1 aromatic carbocycles. The van der Waals surface area contributed by atoms with E-state index in [2.05, 4.69) is 15.2 Å². The van der Waals surface area contributed by atoms with Crippen LogP contribution in [0.2, 0.25) is 0 Å². The molecule has 0 aliphatic carbocycles. The SMILES string of the molecule is Cc1nc(C2CCCCN2CC(=O)Nc2ccc3ncccc3c2)nc2c1CCC(=O)N2C. The Labute approximate surface area is 193 Å². The van der Waals surface area contributed by atoms with E-state index in [0.29, 0.717) is 24.5 Å². The van der Waals surface area contributed by atoms with Crippen LogP contribution >= 0.6 is 0 Å². The fourth-order valence-corrected chi connectivity index (χ4v) is 4.85. The van der Waals surface area contributed by atoms with Crippen LogP contribution in [0.25, 0.3) is 10.9 Å². The van der Waals surface area contributed by atoms with Crippen LogP contribution < -0.4 is 10.2 Å². The Kier molecular flexibility index (Phi) is 5.76. The van der Waals surface area contributed by atoms with E-state index < -0.39 is 0 Å². The normalized spacial score (nSPS) is 18.9. The average Bonchev–Trinajstić information content (AvgIpc) is 2.82. The van der Waals surface area contributed by atoms with E-state index in [4.69, 9.17) is 9.97 Å². The lowest BCUT2D eigenvalue weighted by Gasteiger charge is -2.35. The zero-order valence-corrected chi connectivity index (χ0v) is 19.0. The van der Waals surface area contributed by atoms with Crippen LogP contribution in [0, 0.1) is 6.92 Å². The van der Waals surface area contributed by atoms with E-state index in [1.54, 1.807) is 18.1 Å². The summed E-state index contributed by atoms with van der Waals surface area (Å²) in [5, 5.41) is 4.01. The van der Waals surface area contributed by atoms with E-state index in [1.807, 2.05) is 37.3 Å². The summed E-state index contributed by atoms with van der Waals surface area (Å²) in [4.78, 5) is 42.9. The number of hydrogen-bond acceptors (Lipinski definition) is 6. The molecule has 33 heavy (non-hydrogen) atoms. The van der Waals surface area contributed by atoms with Gasteiger partial charge in [-0.05, 0) is 57.0 Å². The van der Waals surface area contributed by atoms with Gasteiger partial charge in [-0.15, -0.1) is 0 Å². The lowest BCUT2D eigenvalue weighted by molar-refractivity contribution is -0.119. The highest BCUT2D eigenvalue weighted by molar-refractivity contribution is 5.95. The summed E-state index contributed by atoms with van der Waals surface area (Å²) < 4.78 is 0. The number of carbonyl (C=O) groups excluding carboxylic acids is 2. The third-order valence-electron chi connectivity index (χ3n) is 6.64. The number of fused-ring (bicyclic) bond motifs is 2. The van der Waals surface area contributed by atoms with Gasteiger partial charge >= 0.3 is 0 Å². The summed E-state index contributed by atoms with van der Waals surface area (Å²) in [6, 6.07) is 9.56. The van der Waals surface area contributed by atoms with Crippen molar-refractivity contribution < 1.29 is 9.59 Å². The Hall–Kier alpha value is -3.39. The molecule has 1 fully saturated rings. The zero-order valence-electron chi connectivity index (χ0n) is 19.0. The van der Waals surface area contributed by atoms with Crippen molar-refractivity contribution in [3.8, 4) is 0 Å². The van der Waals surface area contributed by atoms with Crippen molar-refractivity contribution >= 4 is 34.2 Å². The summed E-state index contributed by atoms with van der Waals surface area (Å²) in [6.07, 6.45) is 5.93. The van der Waals surface area contributed by atoms with Gasteiger partial charge in [-0.1, -0.05) is 12.5 Å². The minimum absolute atomic E-state index is 0.0419. The van der Waals surface area contributed by atoms with Crippen LogP contribution in [0.3, 0.4) is 0 Å². The molecule has 1 unspecified atom stereocenters. The molecule has 5 rings (SSSR count). The highest BCUT2D eigenvalue weighted by atomic mass is 16.2. The van der Waals surface area contributed by atoms with Gasteiger partial charge in [0.05, 0.1) is 18.1 Å². The summed E-state index contributed by atoms with van der Waals surface area (Å²) in [6.45, 7) is 3.07. The number of carbonyl (C=O) groups is 2. The molecule has 2 amide bonds. The van der Waals surface area contributed by atoms with Gasteiger partial charge < -0.3 is 5.32 Å². The van der Waals surface area contributed by atoms with Crippen molar-refractivity contribution in [2.24, 2.45) is 0 Å². The molecule has 0 bridgehead atoms. The average molecular weight is 445 g/mol. The third kappa shape index (κ3) is 4.30. The second-order valence-corrected chi connectivity index (χ2v) is 8.86. The number of anilines is 2. The molecule has 1 saturated heterocycles. The molecule has 2 aromatic heterocycles. The molecule has 0 spiro atoms.